The van der Waals surface area contributed by atoms with Gasteiger partial charge in [-0.3, -0.25) is 4.79 Å². The number of hydrogen-bond donors (Lipinski definition) is 1. The van der Waals surface area contributed by atoms with E-state index in [1.807, 2.05) is 36.4 Å². The predicted octanol–water partition coefficient (Wildman–Crippen LogP) is 3.38. The molecule has 0 aliphatic heterocycles. The standard InChI is InChI=1S/C20H21ClN2O4/c1-25-18-8-4-5-15(10-12-23-19(24)9-11-22)20(18)27-14-13-26-17-7-3-2-6-16(17)21/h2-8H,9-10,12-14H2,1H3,(H,23,24). The fraction of sp³-hybridized carbons (Fsp3) is 0.300. The summed E-state index contributed by atoms with van der Waals surface area (Å²) in [5.41, 5.74) is 0.893. The van der Waals surface area contributed by atoms with Crippen LogP contribution in [0, 0.1) is 11.3 Å². The third-order valence-corrected chi connectivity index (χ3v) is 3.97. The molecule has 1 N–H and O–H groups in total. The van der Waals surface area contributed by atoms with Crippen LogP contribution < -0.4 is 19.5 Å². The molecule has 0 atom stereocenters. The smallest absolute Gasteiger partial charge is 0.234 e. The van der Waals surface area contributed by atoms with Crippen molar-refractivity contribution in [3.63, 3.8) is 0 Å². The topological polar surface area (TPSA) is 80.6 Å². The first kappa shape index (κ1) is 20.4. The lowest BCUT2D eigenvalue weighted by atomic mass is 10.1. The number of para-hydroxylation sites is 2. The molecule has 6 nitrogen and oxygen atoms in total. The van der Waals surface area contributed by atoms with Gasteiger partial charge in [0, 0.05) is 6.54 Å². The quantitative estimate of drug-likeness (QED) is 0.631. The van der Waals surface area contributed by atoms with Gasteiger partial charge in [-0.05, 0) is 30.2 Å². The van der Waals surface area contributed by atoms with E-state index < -0.39 is 0 Å². The number of amides is 1. The number of carbonyl (C=O) groups is 1. The largest absolute Gasteiger partial charge is 0.493 e. The number of benzene rings is 2. The van der Waals surface area contributed by atoms with Crippen molar-refractivity contribution in [2.45, 2.75) is 12.8 Å². The second kappa shape index (κ2) is 10.9. The summed E-state index contributed by atoms with van der Waals surface area (Å²) in [6, 6.07) is 14.6. The number of methoxy groups -OCH3 is 1. The van der Waals surface area contributed by atoms with Gasteiger partial charge in [-0.1, -0.05) is 35.9 Å². The van der Waals surface area contributed by atoms with Crippen molar-refractivity contribution in [1.29, 1.82) is 5.26 Å². The molecule has 0 spiro atoms. The van der Waals surface area contributed by atoms with Crippen LogP contribution in [0.15, 0.2) is 42.5 Å². The van der Waals surface area contributed by atoms with E-state index in [9.17, 15) is 4.79 Å². The summed E-state index contributed by atoms with van der Waals surface area (Å²) in [5.74, 6) is 1.52. The summed E-state index contributed by atoms with van der Waals surface area (Å²) in [6.07, 6.45) is 0.399. The van der Waals surface area contributed by atoms with Crippen molar-refractivity contribution in [2.75, 3.05) is 26.9 Å². The average molecular weight is 389 g/mol. The van der Waals surface area contributed by atoms with Crippen LogP contribution >= 0.6 is 11.6 Å². The molecule has 0 fully saturated rings. The molecule has 0 aromatic heterocycles. The summed E-state index contributed by atoms with van der Waals surface area (Å²) in [4.78, 5) is 11.4. The maximum absolute atomic E-state index is 11.4. The summed E-state index contributed by atoms with van der Waals surface area (Å²) in [7, 11) is 1.57. The predicted molar refractivity (Wildman–Crippen MR) is 102 cm³/mol. The van der Waals surface area contributed by atoms with Crippen molar-refractivity contribution in [2.24, 2.45) is 0 Å². The molecule has 0 saturated heterocycles. The summed E-state index contributed by atoms with van der Waals surface area (Å²) >= 11 is 6.06. The molecule has 2 rings (SSSR count). The van der Waals surface area contributed by atoms with Gasteiger partial charge in [0.05, 0.1) is 18.2 Å². The number of hydrogen-bond acceptors (Lipinski definition) is 5. The van der Waals surface area contributed by atoms with Crippen molar-refractivity contribution in [1.82, 2.24) is 5.32 Å². The van der Waals surface area contributed by atoms with Crippen molar-refractivity contribution >= 4 is 17.5 Å². The highest BCUT2D eigenvalue weighted by Crippen LogP contribution is 2.31. The van der Waals surface area contributed by atoms with Crippen LogP contribution in [0.4, 0.5) is 0 Å². The van der Waals surface area contributed by atoms with Crippen LogP contribution in [-0.4, -0.2) is 32.8 Å². The Bertz CT molecular complexity index is 805. The van der Waals surface area contributed by atoms with Crippen LogP contribution in [0.2, 0.25) is 5.02 Å². The third-order valence-electron chi connectivity index (χ3n) is 3.66. The van der Waals surface area contributed by atoms with Crippen LogP contribution in [0.1, 0.15) is 12.0 Å². The molecule has 0 aliphatic carbocycles. The number of nitrogens with one attached hydrogen (secondary N) is 1. The minimum absolute atomic E-state index is 0.152. The van der Waals surface area contributed by atoms with Gasteiger partial charge in [-0.25, -0.2) is 0 Å². The van der Waals surface area contributed by atoms with Gasteiger partial charge in [-0.2, -0.15) is 5.26 Å². The van der Waals surface area contributed by atoms with E-state index in [1.54, 1.807) is 19.2 Å². The molecule has 0 bridgehead atoms. The zero-order valence-corrected chi connectivity index (χ0v) is 15.8. The lowest BCUT2D eigenvalue weighted by molar-refractivity contribution is -0.120. The van der Waals surface area contributed by atoms with Crippen molar-refractivity contribution < 1.29 is 19.0 Å². The molecule has 1 amide bonds. The van der Waals surface area contributed by atoms with Crippen molar-refractivity contribution in [3.8, 4) is 23.3 Å². The highest BCUT2D eigenvalue weighted by molar-refractivity contribution is 6.32. The maximum atomic E-state index is 11.4. The Morgan fingerprint density at radius 1 is 1.11 bits per heavy atom. The second-order valence-corrected chi connectivity index (χ2v) is 5.92. The Kier molecular flexibility index (Phi) is 8.27. The van der Waals surface area contributed by atoms with Gasteiger partial charge in [0.2, 0.25) is 5.91 Å². The summed E-state index contributed by atoms with van der Waals surface area (Å²) in [5, 5.41) is 11.8. The van der Waals surface area contributed by atoms with Gasteiger partial charge in [0.15, 0.2) is 11.5 Å². The number of ether oxygens (including phenoxy) is 3. The van der Waals surface area contributed by atoms with Crippen LogP contribution in [0.25, 0.3) is 0 Å². The van der Waals surface area contributed by atoms with Crippen molar-refractivity contribution in [3.05, 3.63) is 53.1 Å². The Labute approximate surface area is 163 Å². The van der Waals surface area contributed by atoms with Gasteiger partial charge in [-0.15, -0.1) is 0 Å². The minimum atomic E-state index is -0.295. The van der Waals surface area contributed by atoms with Gasteiger partial charge in [0.1, 0.15) is 25.4 Å². The highest BCUT2D eigenvalue weighted by atomic mass is 35.5. The lowest BCUT2D eigenvalue weighted by Crippen LogP contribution is -2.25. The average Bonchev–Trinajstić information content (AvgIpc) is 2.67. The molecule has 2 aromatic carbocycles. The fourth-order valence-corrected chi connectivity index (χ4v) is 2.60. The molecule has 0 aliphatic rings. The van der Waals surface area contributed by atoms with E-state index in [0.717, 1.165) is 5.56 Å². The van der Waals surface area contributed by atoms with Crippen LogP contribution in [0.5, 0.6) is 17.2 Å². The zero-order chi connectivity index (χ0) is 19.5. The second-order valence-electron chi connectivity index (χ2n) is 5.51. The maximum Gasteiger partial charge on any atom is 0.234 e. The molecule has 0 saturated carbocycles. The normalized spacial score (nSPS) is 9.96. The molecule has 27 heavy (non-hydrogen) atoms. The van der Waals surface area contributed by atoms with E-state index in [1.165, 1.54) is 0 Å². The number of rotatable bonds is 10. The Morgan fingerprint density at radius 2 is 1.85 bits per heavy atom. The van der Waals surface area contributed by atoms with E-state index in [2.05, 4.69) is 5.32 Å². The molecule has 142 valence electrons. The van der Waals surface area contributed by atoms with E-state index >= 15 is 0 Å². The third kappa shape index (κ3) is 6.39. The Morgan fingerprint density at radius 3 is 2.59 bits per heavy atom. The van der Waals surface area contributed by atoms with E-state index in [0.29, 0.717) is 48.5 Å². The first-order chi connectivity index (χ1) is 13.2. The van der Waals surface area contributed by atoms with E-state index in [-0.39, 0.29) is 12.3 Å². The number of nitrogens with zero attached hydrogens (tertiary/aromatic N) is 1. The summed E-state index contributed by atoms with van der Waals surface area (Å²) < 4.78 is 16.9. The Hall–Kier alpha value is -2.91. The molecule has 0 unspecified atom stereocenters. The Balaban J connectivity index is 1.93. The molecule has 2 aromatic rings. The molecule has 7 heteroatoms. The zero-order valence-electron chi connectivity index (χ0n) is 15.0. The van der Waals surface area contributed by atoms with Gasteiger partial charge < -0.3 is 19.5 Å². The monoisotopic (exact) mass is 388 g/mol. The fourth-order valence-electron chi connectivity index (χ4n) is 2.41. The molecule has 0 heterocycles. The van der Waals surface area contributed by atoms with Crippen LogP contribution in [-0.2, 0) is 11.2 Å². The van der Waals surface area contributed by atoms with Crippen LogP contribution in [0.3, 0.4) is 0 Å². The highest BCUT2D eigenvalue weighted by Gasteiger charge is 2.11. The first-order valence-corrected chi connectivity index (χ1v) is 8.83. The van der Waals surface area contributed by atoms with E-state index in [4.69, 9.17) is 31.1 Å². The van der Waals surface area contributed by atoms with Gasteiger partial charge >= 0.3 is 0 Å². The lowest BCUT2D eigenvalue weighted by Gasteiger charge is -2.16. The number of nitriles is 1. The molecule has 0 radical (unpaired) electrons. The number of carbonyl (C=O) groups excluding carboxylic acids is 1. The summed E-state index contributed by atoms with van der Waals surface area (Å²) in [6.45, 7) is 1.03. The SMILES string of the molecule is COc1cccc(CCNC(=O)CC#N)c1OCCOc1ccccc1Cl. The molecular formula is C20H21ClN2O4. The number of halogens is 1. The minimum Gasteiger partial charge on any atom is -0.493 e. The first-order valence-electron chi connectivity index (χ1n) is 8.45. The molecular weight excluding hydrogens is 368 g/mol. The van der Waals surface area contributed by atoms with Gasteiger partial charge in [0.25, 0.3) is 0 Å².